The van der Waals surface area contributed by atoms with Crippen molar-refractivity contribution in [1.29, 1.82) is 0 Å². The van der Waals surface area contributed by atoms with E-state index in [9.17, 15) is 0 Å². The summed E-state index contributed by atoms with van der Waals surface area (Å²) in [6.07, 6.45) is 3.86. The van der Waals surface area contributed by atoms with Gasteiger partial charge in [0.05, 0.1) is 18.4 Å². The Labute approximate surface area is 77.6 Å². The molecule has 0 aromatic carbocycles. The van der Waals surface area contributed by atoms with Crippen LogP contribution < -0.4 is 4.23 Å². The molecule has 11 heavy (non-hydrogen) atoms. The minimum Gasteiger partial charge on any atom is -0.438 e. The van der Waals surface area contributed by atoms with Gasteiger partial charge in [0.2, 0.25) is 0 Å². The fourth-order valence-corrected chi connectivity index (χ4v) is 22.3. The molecule has 0 spiro atoms. The van der Waals surface area contributed by atoms with Gasteiger partial charge in [-0.05, 0) is 12.1 Å². The van der Waals surface area contributed by atoms with Crippen LogP contribution in [0.3, 0.4) is 0 Å². The third-order valence-electron chi connectivity index (χ3n) is 1.77. The zero-order valence-electron chi connectivity index (χ0n) is 7.12. The Kier molecular flexibility index (Phi) is 3.76. The van der Waals surface area contributed by atoms with Crippen molar-refractivity contribution in [3.05, 3.63) is 24.5 Å². The summed E-state index contributed by atoms with van der Waals surface area (Å²) in [6.45, 7) is 0. The Hall–Kier alpha value is -0.182. The highest BCUT2D eigenvalue weighted by Gasteiger charge is 1.98. The summed E-state index contributed by atoms with van der Waals surface area (Å²) < 4.78 is 2.67. The molecule has 0 bridgehead atoms. The number of nitrogens with zero attached hydrogens (tertiary/aromatic N) is 2. The van der Waals surface area contributed by atoms with Gasteiger partial charge in [-0.25, -0.2) is 0 Å². The maximum absolute atomic E-state index is 4.14. The summed E-state index contributed by atoms with van der Waals surface area (Å²) in [6, 6.07) is 4.24. The topological polar surface area (TPSA) is 16.1 Å². The molecule has 1 aromatic heterocycles. The molecule has 0 atom stereocenters. The highest BCUT2D eigenvalue weighted by atomic mass is 29.2. The molecule has 1 rings (SSSR count). The first-order chi connectivity index (χ1) is 5.38. The molecule has 0 aliphatic rings. The second kappa shape index (κ2) is 4.65. The Morgan fingerprint density at radius 2 is 2.09 bits per heavy atom. The molecule has 60 valence electrons. The lowest BCUT2D eigenvalue weighted by Gasteiger charge is -2.20. The summed E-state index contributed by atoms with van der Waals surface area (Å²) in [5, 5.41) is 0. The van der Waals surface area contributed by atoms with Gasteiger partial charge in [0.15, 0.2) is 0 Å². The van der Waals surface area contributed by atoms with Gasteiger partial charge in [0.25, 0.3) is 0 Å². The van der Waals surface area contributed by atoms with E-state index in [0.717, 1.165) is 0 Å². The molecule has 0 aliphatic carbocycles. The van der Waals surface area contributed by atoms with Gasteiger partial charge in [-0.15, -0.1) is 0 Å². The van der Waals surface area contributed by atoms with E-state index in [4.69, 9.17) is 0 Å². The smallest absolute Gasteiger partial charge is 0.0923 e. The quantitative estimate of drug-likeness (QED) is 0.488. The summed E-state index contributed by atoms with van der Waals surface area (Å²) in [5.74, 6) is 0. The number of pyridine rings is 1. The number of rotatable bonds is 3. The lowest BCUT2D eigenvalue weighted by Crippen LogP contribution is -2.32. The SMILES string of the molecule is [SiH3][SiH2]N([SiH2][SiH3])c1cccnc1. The highest BCUT2D eigenvalue weighted by molar-refractivity contribution is 7.05. The lowest BCUT2D eigenvalue weighted by atomic mass is 10.4. The first kappa shape index (κ1) is 8.91. The molecule has 1 aromatic rings. The van der Waals surface area contributed by atoms with Crippen LogP contribution in [0.4, 0.5) is 5.69 Å². The van der Waals surface area contributed by atoms with Gasteiger partial charge in [-0.3, -0.25) is 4.98 Å². The van der Waals surface area contributed by atoms with Crippen molar-refractivity contribution in [2.45, 2.75) is 0 Å². The predicted molar refractivity (Wildman–Crippen MR) is 63.7 cm³/mol. The van der Waals surface area contributed by atoms with E-state index in [2.05, 4.69) is 15.3 Å². The molecule has 0 radical (unpaired) electrons. The Morgan fingerprint density at radius 1 is 1.36 bits per heavy atom. The molecule has 0 saturated carbocycles. The summed E-state index contributed by atoms with van der Waals surface area (Å²) in [5.41, 5.74) is 1.40. The van der Waals surface area contributed by atoms with Crippen LogP contribution >= 0.6 is 0 Å². The molecule has 0 aliphatic heterocycles. The van der Waals surface area contributed by atoms with E-state index in [1.54, 1.807) is 0 Å². The molecule has 1 heterocycles. The Balaban J connectivity index is 2.74. The first-order valence-corrected chi connectivity index (χ1v) is 16.6. The average molecular weight is 215 g/mol. The molecule has 0 amide bonds. The molecule has 0 fully saturated rings. The van der Waals surface area contributed by atoms with Crippen LogP contribution in [-0.2, 0) is 0 Å². The summed E-state index contributed by atoms with van der Waals surface area (Å²) in [4.78, 5) is 4.14. The van der Waals surface area contributed by atoms with Crippen molar-refractivity contribution in [3.63, 3.8) is 0 Å². The van der Waals surface area contributed by atoms with Gasteiger partial charge in [0, 0.05) is 37.6 Å². The zero-order valence-corrected chi connectivity index (χ0v) is 13.9. The van der Waals surface area contributed by atoms with Crippen molar-refractivity contribution in [2.75, 3.05) is 4.23 Å². The maximum Gasteiger partial charge on any atom is 0.0923 e. The third kappa shape index (κ3) is 2.40. The fraction of sp³-hybridized carbons (Fsp3) is 0. The van der Waals surface area contributed by atoms with Crippen LogP contribution in [0.15, 0.2) is 24.5 Å². The van der Waals surface area contributed by atoms with E-state index in [-0.39, 0.29) is 18.4 Å². The van der Waals surface area contributed by atoms with Crippen LogP contribution in [0, 0.1) is 0 Å². The second-order valence-electron chi connectivity index (χ2n) is 2.38. The van der Waals surface area contributed by atoms with Crippen LogP contribution in [0.1, 0.15) is 0 Å². The van der Waals surface area contributed by atoms with Crippen molar-refractivity contribution in [2.24, 2.45) is 0 Å². The van der Waals surface area contributed by atoms with Crippen molar-refractivity contribution in [1.82, 2.24) is 4.98 Å². The second-order valence-corrected chi connectivity index (χ2v) is 9.86. The Morgan fingerprint density at radius 3 is 2.55 bits per heavy atom. The number of hydrogen-bond donors (Lipinski definition) is 0. The predicted octanol–water partition coefficient (Wildman–Crippen LogP) is -3.38. The van der Waals surface area contributed by atoms with Crippen LogP contribution in [0.5, 0.6) is 0 Å². The Bertz CT molecular complexity index is 201. The standard InChI is InChI=1S/C5H14N2Si4/c8-10-7(11-9)5-2-1-3-6-4-5/h1-4H,10-11H2,8-9H3. The van der Waals surface area contributed by atoms with Gasteiger partial charge in [-0.1, -0.05) is 0 Å². The van der Waals surface area contributed by atoms with Crippen LogP contribution in [0.25, 0.3) is 0 Å². The molecular weight excluding hydrogens is 200 g/mol. The van der Waals surface area contributed by atoms with Crippen LogP contribution in [-0.4, -0.2) is 42.9 Å². The summed E-state index contributed by atoms with van der Waals surface area (Å²) >= 11 is 0. The monoisotopic (exact) mass is 214 g/mol. The van der Waals surface area contributed by atoms with Gasteiger partial charge < -0.3 is 4.23 Å². The lowest BCUT2D eigenvalue weighted by molar-refractivity contribution is 1.31. The maximum atomic E-state index is 4.14. The van der Waals surface area contributed by atoms with Gasteiger partial charge in [0.1, 0.15) is 0 Å². The molecule has 6 heteroatoms. The zero-order chi connectivity index (χ0) is 8.10. The van der Waals surface area contributed by atoms with E-state index in [1.165, 1.54) is 25.2 Å². The van der Waals surface area contributed by atoms with Crippen molar-refractivity contribution < 1.29 is 0 Å². The van der Waals surface area contributed by atoms with E-state index in [1.807, 2.05) is 18.5 Å². The minimum atomic E-state index is 0.158. The molecular formula is C5H14N2Si4. The largest absolute Gasteiger partial charge is 0.438 e. The molecule has 0 saturated heterocycles. The van der Waals surface area contributed by atoms with E-state index in [0.29, 0.717) is 0 Å². The third-order valence-corrected chi connectivity index (χ3v) is 16.7. The molecule has 0 N–H and O–H groups in total. The normalized spacial score (nSPS) is 12.4. The average Bonchev–Trinajstić information content (AvgIpc) is 2.09. The minimum absolute atomic E-state index is 0.158. The summed E-state index contributed by atoms with van der Waals surface area (Å²) in [7, 11) is 3.14. The first-order valence-electron chi connectivity index (χ1n) is 4.03. The van der Waals surface area contributed by atoms with Crippen molar-refractivity contribution in [3.8, 4) is 0 Å². The fourth-order valence-electron chi connectivity index (χ4n) is 1.13. The molecule has 0 unspecified atom stereocenters. The number of anilines is 1. The molecule has 2 nitrogen and oxygen atoms in total. The van der Waals surface area contributed by atoms with Gasteiger partial charge in [-0.2, -0.15) is 0 Å². The van der Waals surface area contributed by atoms with Gasteiger partial charge >= 0.3 is 0 Å². The highest BCUT2D eigenvalue weighted by Crippen LogP contribution is 2.06. The number of hydrogen-bond acceptors (Lipinski definition) is 2. The van der Waals surface area contributed by atoms with E-state index < -0.39 is 0 Å². The van der Waals surface area contributed by atoms with Crippen LogP contribution in [0.2, 0.25) is 0 Å². The van der Waals surface area contributed by atoms with Crippen molar-refractivity contribution >= 4 is 43.6 Å². The van der Waals surface area contributed by atoms with E-state index >= 15 is 0 Å². The number of aromatic nitrogens is 1.